The fraction of sp³-hybridized carbons (Fsp3) is 0.889. The summed E-state index contributed by atoms with van der Waals surface area (Å²) in [7, 11) is 0. The molecule has 0 aromatic carbocycles. The standard InChI is InChI=1S/C9H17FN2O2/c1-9(2,3)14-8(13)12-4-6(10)7(11)5-12/h6-7H,4-5,11H2,1-3H3/t6-,7-/m1/s1. The van der Waals surface area contributed by atoms with Gasteiger partial charge in [0.2, 0.25) is 0 Å². The van der Waals surface area contributed by atoms with Crippen molar-refractivity contribution in [2.24, 2.45) is 5.73 Å². The summed E-state index contributed by atoms with van der Waals surface area (Å²) >= 11 is 0. The summed E-state index contributed by atoms with van der Waals surface area (Å²) in [6, 6.07) is -0.581. The zero-order chi connectivity index (χ0) is 10.9. The van der Waals surface area contributed by atoms with Crippen LogP contribution in [0.1, 0.15) is 20.8 Å². The minimum atomic E-state index is -1.14. The Balaban J connectivity index is 2.48. The van der Waals surface area contributed by atoms with Crippen LogP contribution in [0, 0.1) is 0 Å². The van der Waals surface area contributed by atoms with Gasteiger partial charge in [0.1, 0.15) is 11.8 Å². The molecule has 4 nitrogen and oxygen atoms in total. The Morgan fingerprint density at radius 1 is 1.50 bits per heavy atom. The Labute approximate surface area is 83.2 Å². The Morgan fingerprint density at radius 3 is 2.43 bits per heavy atom. The maximum atomic E-state index is 13.0. The fourth-order valence-corrected chi connectivity index (χ4v) is 1.26. The lowest BCUT2D eigenvalue weighted by atomic mass is 10.2. The Hall–Kier alpha value is -0.840. The molecule has 1 rings (SSSR count). The van der Waals surface area contributed by atoms with Crippen molar-refractivity contribution in [2.75, 3.05) is 13.1 Å². The lowest BCUT2D eigenvalue weighted by Gasteiger charge is -2.24. The molecule has 0 unspecified atom stereocenters. The molecule has 0 aliphatic carbocycles. The van der Waals surface area contributed by atoms with Crippen LogP contribution < -0.4 is 5.73 Å². The lowest BCUT2D eigenvalue weighted by Crippen LogP contribution is -2.36. The van der Waals surface area contributed by atoms with Gasteiger partial charge in [-0.15, -0.1) is 0 Å². The first-order chi connectivity index (χ1) is 6.29. The minimum absolute atomic E-state index is 0.0378. The zero-order valence-corrected chi connectivity index (χ0v) is 8.79. The predicted molar refractivity (Wildman–Crippen MR) is 50.7 cm³/mol. The first-order valence-electron chi connectivity index (χ1n) is 4.67. The molecule has 1 amide bonds. The molecular formula is C9H17FN2O2. The number of carbonyl (C=O) groups is 1. The van der Waals surface area contributed by atoms with E-state index in [1.54, 1.807) is 20.8 Å². The van der Waals surface area contributed by atoms with Gasteiger partial charge in [0, 0.05) is 6.54 Å². The third-order valence-corrected chi connectivity index (χ3v) is 1.94. The summed E-state index contributed by atoms with van der Waals surface area (Å²) in [5, 5.41) is 0. The Kier molecular flexibility index (Phi) is 2.99. The highest BCUT2D eigenvalue weighted by Gasteiger charge is 2.35. The Bertz CT molecular complexity index is 217. The number of likely N-dealkylation sites (tertiary alicyclic amines) is 1. The van der Waals surface area contributed by atoms with E-state index in [0.29, 0.717) is 0 Å². The largest absolute Gasteiger partial charge is 0.444 e. The molecule has 0 bridgehead atoms. The zero-order valence-electron chi connectivity index (χ0n) is 8.79. The summed E-state index contributed by atoms with van der Waals surface area (Å²) in [6.07, 6.45) is -1.63. The lowest BCUT2D eigenvalue weighted by molar-refractivity contribution is 0.0283. The van der Waals surface area contributed by atoms with Crippen molar-refractivity contribution < 1.29 is 13.9 Å². The maximum absolute atomic E-state index is 13.0. The normalized spacial score (nSPS) is 27.9. The molecule has 5 heteroatoms. The van der Waals surface area contributed by atoms with Crippen LogP contribution >= 0.6 is 0 Å². The van der Waals surface area contributed by atoms with E-state index in [1.165, 1.54) is 4.90 Å². The summed E-state index contributed by atoms with van der Waals surface area (Å²) < 4.78 is 18.1. The van der Waals surface area contributed by atoms with Gasteiger partial charge in [0.25, 0.3) is 0 Å². The number of ether oxygens (including phenoxy) is 1. The van der Waals surface area contributed by atoms with Gasteiger partial charge in [-0.1, -0.05) is 0 Å². The predicted octanol–water partition coefficient (Wildman–Crippen LogP) is 0.903. The van der Waals surface area contributed by atoms with Crippen LogP contribution in [0.2, 0.25) is 0 Å². The van der Waals surface area contributed by atoms with Gasteiger partial charge in [-0.2, -0.15) is 0 Å². The molecule has 1 aliphatic rings. The van der Waals surface area contributed by atoms with Crippen molar-refractivity contribution in [3.8, 4) is 0 Å². The topological polar surface area (TPSA) is 55.6 Å². The number of rotatable bonds is 0. The third-order valence-electron chi connectivity index (χ3n) is 1.94. The number of halogens is 1. The van der Waals surface area contributed by atoms with Crippen molar-refractivity contribution in [2.45, 2.75) is 38.6 Å². The summed E-state index contributed by atoms with van der Waals surface area (Å²) in [5.41, 5.74) is 4.90. The number of nitrogens with zero attached hydrogens (tertiary/aromatic N) is 1. The molecule has 0 radical (unpaired) electrons. The molecule has 82 valence electrons. The van der Waals surface area contributed by atoms with E-state index in [2.05, 4.69) is 0 Å². The highest BCUT2D eigenvalue weighted by atomic mass is 19.1. The van der Waals surface area contributed by atoms with Crippen LogP contribution in [-0.4, -0.2) is 41.9 Å². The van der Waals surface area contributed by atoms with Crippen LogP contribution in [-0.2, 0) is 4.74 Å². The molecule has 2 N–H and O–H groups in total. The van der Waals surface area contributed by atoms with Gasteiger partial charge in [0.15, 0.2) is 0 Å². The molecule has 1 aliphatic heterocycles. The van der Waals surface area contributed by atoms with Gasteiger partial charge >= 0.3 is 6.09 Å². The number of nitrogens with two attached hydrogens (primary N) is 1. The van der Waals surface area contributed by atoms with Crippen molar-refractivity contribution >= 4 is 6.09 Å². The summed E-state index contributed by atoms with van der Waals surface area (Å²) in [6.45, 7) is 5.58. The minimum Gasteiger partial charge on any atom is -0.444 e. The van der Waals surface area contributed by atoms with Gasteiger partial charge in [-0.05, 0) is 20.8 Å². The van der Waals surface area contributed by atoms with E-state index < -0.39 is 23.9 Å². The van der Waals surface area contributed by atoms with Gasteiger partial charge in [-0.25, -0.2) is 9.18 Å². The Morgan fingerprint density at radius 2 is 2.07 bits per heavy atom. The van der Waals surface area contributed by atoms with Crippen LogP contribution in [0.3, 0.4) is 0 Å². The molecule has 0 aromatic rings. The van der Waals surface area contributed by atoms with E-state index in [1.807, 2.05) is 0 Å². The average Bonchev–Trinajstić information content (AvgIpc) is 2.28. The van der Waals surface area contributed by atoms with E-state index >= 15 is 0 Å². The van der Waals surface area contributed by atoms with Crippen molar-refractivity contribution in [3.63, 3.8) is 0 Å². The second-order valence-electron chi connectivity index (χ2n) is 4.57. The van der Waals surface area contributed by atoms with Crippen molar-refractivity contribution in [3.05, 3.63) is 0 Å². The first kappa shape index (κ1) is 11.2. The molecule has 14 heavy (non-hydrogen) atoms. The number of carbonyl (C=O) groups excluding carboxylic acids is 1. The van der Waals surface area contributed by atoms with Gasteiger partial charge in [0.05, 0.1) is 12.6 Å². The number of hydrogen-bond acceptors (Lipinski definition) is 3. The highest BCUT2D eigenvalue weighted by molar-refractivity contribution is 5.68. The van der Waals surface area contributed by atoms with Crippen LogP contribution in [0.15, 0.2) is 0 Å². The average molecular weight is 204 g/mol. The van der Waals surface area contributed by atoms with Crippen LogP contribution in [0.25, 0.3) is 0 Å². The molecule has 2 atom stereocenters. The van der Waals surface area contributed by atoms with Crippen molar-refractivity contribution in [1.29, 1.82) is 0 Å². The molecule has 0 spiro atoms. The van der Waals surface area contributed by atoms with Crippen LogP contribution in [0.5, 0.6) is 0 Å². The summed E-state index contributed by atoms with van der Waals surface area (Å²) in [4.78, 5) is 12.7. The van der Waals surface area contributed by atoms with Crippen molar-refractivity contribution in [1.82, 2.24) is 4.90 Å². The van der Waals surface area contributed by atoms with E-state index in [9.17, 15) is 9.18 Å². The molecular weight excluding hydrogens is 187 g/mol. The fourth-order valence-electron chi connectivity index (χ4n) is 1.26. The maximum Gasteiger partial charge on any atom is 0.410 e. The molecule has 1 heterocycles. The van der Waals surface area contributed by atoms with Gasteiger partial charge in [-0.3, -0.25) is 0 Å². The SMILES string of the molecule is CC(C)(C)OC(=O)N1C[C@@H](N)[C@H](F)C1. The highest BCUT2D eigenvalue weighted by Crippen LogP contribution is 2.16. The second-order valence-corrected chi connectivity index (χ2v) is 4.57. The molecule has 1 fully saturated rings. The quantitative estimate of drug-likeness (QED) is 0.638. The van der Waals surface area contributed by atoms with E-state index in [-0.39, 0.29) is 13.1 Å². The third kappa shape index (κ3) is 2.83. The molecule has 1 saturated heterocycles. The number of alkyl halides is 1. The van der Waals surface area contributed by atoms with Gasteiger partial charge < -0.3 is 15.4 Å². The first-order valence-corrected chi connectivity index (χ1v) is 4.67. The monoisotopic (exact) mass is 204 g/mol. The smallest absolute Gasteiger partial charge is 0.410 e. The van der Waals surface area contributed by atoms with Crippen LogP contribution in [0.4, 0.5) is 9.18 Å². The van der Waals surface area contributed by atoms with E-state index in [0.717, 1.165) is 0 Å². The number of amides is 1. The summed E-state index contributed by atoms with van der Waals surface area (Å²) in [5.74, 6) is 0. The second kappa shape index (κ2) is 3.73. The number of hydrogen-bond donors (Lipinski definition) is 1. The molecule has 0 saturated carbocycles. The molecule has 0 aromatic heterocycles. The van der Waals surface area contributed by atoms with E-state index in [4.69, 9.17) is 10.5 Å².